The normalized spacial score (nSPS) is 26.2. The molecule has 0 aromatic carbocycles. The van der Waals surface area contributed by atoms with Crippen LogP contribution in [0.2, 0.25) is 0 Å². The lowest BCUT2D eigenvalue weighted by atomic mass is 9.88. The van der Waals surface area contributed by atoms with Gasteiger partial charge in [-0.25, -0.2) is 0 Å². The summed E-state index contributed by atoms with van der Waals surface area (Å²) in [6, 6.07) is 0.567. The van der Waals surface area contributed by atoms with Gasteiger partial charge in [-0.15, -0.1) is 0 Å². The van der Waals surface area contributed by atoms with Crippen LogP contribution in [-0.2, 0) is 9.47 Å². The Morgan fingerprint density at radius 2 is 1.75 bits per heavy atom. The predicted molar refractivity (Wildman–Crippen MR) is 79.6 cm³/mol. The quantitative estimate of drug-likeness (QED) is 0.814. The van der Waals surface area contributed by atoms with E-state index in [0.29, 0.717) is 12.0 Å². The van der Waals surface area contributed by atoms with Crippen LogP contribution in [0.25, 0.3) is 0 Å². The summed E-state index contributed by atoms with van der Waals surface area (Å²) in [7, 11) is 0. The predicted octanol–water partition coefficient (Wildman–Crippen LogP) is 2.40. The summed E-state index contributed by atoms with van der Waals surface area (Å²) in [5.41, 5.74) is 0. The van der Waals surface area contributed by atoms with Crippen LogP contribution in [0.15, 0.2) is 0 Å². The lowest BCUT2D eigenvalue weighted by Gasteiger charge is -2.41. The fourth-order valence-electron chi connectivity index (χ4n) is 3.43. The molecule has 2 fully saturated rings. The standard InChI is InChI=1S/C16H31NO3/c1-4-13(2)11-17(12-14(3)18)15-5-7-16(8-6-15)19-9-10-20-16/h13-15,18H,4-12H2,1-3H3. The van der Waals surface area contributed by atoms with Gasteiger partial charge in [-0.05, 0) is 25.7 Å². The van der Waals surface area contributed by atoms with E-state index in [2.05, 4.69) is 18.7 Å². The molecule has 1 saturated heterocycles. The fraction of sp³-hybridized carbons (Fsp3) is 1.00. The van der Waals surface area contributed by atoms with Gasteiger partial charge in [0.25, 0.3) is 0 Å². The Morgan fingerprint density at radius 1 is 1.15 bits per heavy atom. The highest BCUT2D eigenvalue weighted by Crippen LogP contribution is 2.37. The molecule has 1 aliphatic heterocycles. The van der Waals surface area contributed by atoms with Gasteiger partial charge in [0.2, 0.25) is 0 Å². The van der Waals surface area contributed by atoms with E-state index >= 15 is 0 Å². The van der Waals surface area contributed by atoms with Crippen molar-refractivity contribution in [1.29, 1.82) is 0 Å². The minimum absolute atomic E-state index is 0.256. The van der Waals surface area contributed by atoms with Crippen molar-refractivity contribution in [3.8, 4) is 0 Å². The number of aliphatic hydroxyl groups excluding tert-OH is 1. The van der Waals surface area contributed by atoms with Gasteiger partial charge < -0.3 is 14.6 Å². The zero-order valence-electron chi connectivity index (χ0n) is 13.3. The lowest BCUT2D eigenvalue weighted by molar-refractivity contribution is -0.184. The van der Waals surface area contributed by atoms with Gasteiger partial charge in [-0.1, -0.05) is 20.3 Å². The van der Waals surface area contributed by atoms with Crippen molar-refractivity contribution < 1.29 is 14.6 Å². The molecule has 1 spiro atoms. The van der Waals surface area contributed by atoms with Crippen LogP contribution in [-0.4, -0.2) is 54.2 Å². The molecular formula is C16H31NO3. The van der Waals surface area contributed by atoms with Gasteiger partial charge in [0, 0.05) is 32.0 Å². The minimum atomic E-state index is -0.274. The van der Waals surface area contributed by atoms with Crippen molar-refractivity contribution in [2.24, 2.45) is 5.92 Å². The zero-order chi connectivity index (χ0) is 14.6. The van der Waals surface area contributed by atoms with Crippen LogP contribution in [0.4, 0.5) is 0 Å². The average Bonchev–Trinajstić information content (AvgIpc) is 2.86. The summed E-state index contributed by atoms with van der Waals surface area (Å²) in [4.78, 5) is 2.49. The molecule has 0 radical (unpaired) electrons. The van der Waals surface area contributed by atoms with Gasteiger partial charge in [0.05, 0.1) is 19.3 Å². The Balaban J connectivity index is 1.89. The van der Waals surface area contributed by atoms with Gasteiger partial charge in [-0.2, -0.15) is 0 Å². The molecule has 1 saturated carbocycles. The maximum absolute atomic E-state index is 9.75. The molecule has 2 unspecified atom stereocenters. The topological polar surface area (TPSA) is 41.9 Å². The van der Waals surface area contributed by atoms with Crippen molar-refractivity contribution in [3.63, 3.8) is 0 Å². The van der Waals surface area contributed by atoms with Gasteiger partial charge >= 0.3 is 0 Å². The first-order valence-corrected chi connectivity index (χ1v) is 8.24. The molecule has 2 atom stereocenters. The molecule has 1 heterocycles. The molecule has 0 bridgehead atoms. The second-order valence-corrected chi connectivity index (χ2v) is 6.66. The van der Waals surface area contributed by atoms with E-state index in [4.69, 9.17) is 9.47 Å². The summed E-state index contributed by atoms with van der Waals surface area (Å²) < 4.78 is 11.6. The first-order valence-electron chi connectivity index (χ1n) is 8.24. The zero-order valence-corrected chi connectivity index (χ0v) is 13.3. The number of hydrogen-bond donors (Lipinski definition) is 1. The summed E-state index contributed by atoms with van der Waals surface area (Å²) in [5.74, 6) is 0.409. The van der Waals surface area contributed by atoms with E-state index in [1.54, 1.807) is 0 Å². The van der Waals surface area contributed by atoms with Crippen LogP contribution < -0.4 is 0 Å². The third-order valence-corrected chi connectivity index (χ3v) is 4.79. The van der Waals surface area contributed by atoms with E-state index in [1.165, 1.54) is 6.42 Å². The molecule has 1 N–H and O–H groups in total. The van der Waals surface area contributed by atoms with Crippen molar-refractivity contribution in [2.45, 2.75) is 70.8 Å². The molecule has 0 aromatic rings. The third kappa shape index (κ3) is 4.17. The average molecular weight is 285 g/mol. The maximum atomic E-state index is 9.75. The van der Waals surface area contributed by atoms with E-state index in [9.17, 15) is 5.11 Å². The van der Waals surface area contributed by atoms with Crippen molar-refractivity contribution in [2.75, 3.05) is 26.3 Å². The smallest absolute Gasteiger partial charge is 0.168 e. The summed E-state index contributed by atoms with van der Waals surface area (Å²) in [6.07, 6.45) is 5.16. The fourth-order valence-corrected chi connectivity index (χ4v) is 3.43. The molecule has 118 valence electrons. The number of aliphatic hydroxyl groups is 1. The molecule has 4 nitrogen and oxygen atoms in total. The van der Waals surface area contributed by atoms with E-state index in [0.717, 1.165) is 52.0 Å². The first-order chi connectivity index (χ1) is 9.54. The first kappa shape index (κ1) is 16.2. The summed E-state index contributed by atoms with van der Waals surface area (Å²) >= 11 is 0. The van der Waals surface area contributed by atoms with Crippen LogP contribution in [0.3, 0.4) is 0 Å². The van der Waals surface area contributed by atoms with Gasteiger partial charge in [-0.3, -0.25) is 4.90 Å². The molecular weight excluding hydrogens is 254 g/mol. The van der Waals surface area contributed by atoms with Crippen LogP contribution in [0.5, 0.6) is 0 Å². The molecule has 0 amide bonds. The second-order valence-electron chi connectivity index (χ2n) is 6.66. The number of rotatable bonds is 6. The monoisotopic (exact) mass is 285 g/mol. The summed E-state index contributed by atoms with van der Waals surface area (Å²) in [6.45, 7) is 9.77. The Kier molecular flexibility index (Phi) is 5.84. The van der Waals surface area contributed by atoms with Crippen molar-refractivity contribution in [3.05, 3.63) is 0 Å². The molecule has 4 heteroatoms. The Bertz CT molecular complexity index is 279. The second kappa shape index (κ2) is 7.21. The third-order valence-electron chi connectivity index (χ3n) is 4.79. The number of ether oxygens (including phenoxy) is 2. The Hall–Kier alpha value is -0.160. The number of hydrogen-bond acceptors (Lipinski definition) is 4. The molecule has 2 rings (SSSR count). The highest BCUT2D eigenvalue weighted by molar-refractivity contribution is 4.87. The van der Waals surface area contributed by atoms with E-state index in [1.807, 2.05) is 6.92 Å². The maximum Gasteiger partial charge on any atom is 0.168 e. The highest BCUT2D eigenvalue weighted by Gasteiger charge is 2.41. The van der Waals surface area contributed by atoms with Gasteiger partial charge in [0.15, 0.2) is 5.79 Å². The number of nitrogens with zero attached hydrogens (tertiary/aromatic N) is 1. The molecule has 1 aliphatic carbocycles. The SMILES string of the molecule is CCC(C)CN(CC(C)O)C1CCC2(CC1)OCCO2. The lowest BCUT2D eigenvalue weighted by Crippen LogP contribution is -2.47. The van der Waals surface area contributed by atoms with Crippen LogP contribution >= 0.6 is 0 Å². The van der Waals surface area contributed by atoms with Gasteiger partial charge in [0.1, 0.15) is 0 Å². The highest BCUT2D eigenvalue weighted by atomic mass is 16.7. The van der Waals surface area contributed by atoms with Crippen LogP contribution in [0, 0.1) is 5.92 Å². The Morgan fingerprint density at radius 3 is 2.25 bits per heavy atom. The Labute approximate surface area is 123 Å². The minimum Gasteiger partial charge on any atom is -0.392 e. The largest absolute Gasteiger partial charge is 0.392 e. The molecule has 0 aromatic heterocycles. The van der Waals surface area contributed by atoms with E-state index < -0.39 is 0 Å². The summed E-state index contributed by atoms with van der Waals surface area (Å²) in [5, 5.41) is 9.75. The molecule has 2 aliphatic rings. The van der Waals surface area contributed by atoms with E-state index in [-0.39, 0.29) is 11.9 Å². The van der Waals surface area contributed by atoms with Crippen LogP contribution in [0.1, 0.15) is 52.9 Å². The molecule has 20 heavy (non-hydrogen) atoms. The van der Waals surface area contributed by atoms with Crippen molar-refractivity contribution in [1.82, 2.24) is 4.90 Å². The van der Waals surface area contributed by atoms with Crippen molar-refractivity contribution >= 4 is 0 Å².